The summed E-state index contributed by atoms with van der Waals surface area (Å²) >= 11 is 0. The number of alkyl halides is 3. The summed E-state index contributed by atoms with van der Waals surface area (Å²) in [6.45, 7) is 0.383. The van der Waals surface area contributed by atoms with E-state index in [4.69, 9.17) is 14.2 Å². The molecule has 0 atom stereocenters. The molecule has 28 heavy (non-hydrogen) atoms. The highest BCUT2D eigenvalue weighted by atomic mass is 19.4. The van der Waals surface area contributed by atoms with Crippen LogP contribution in [0.2, 0.25) is 0 Å². The zero-order chi connectivity index (χ0) is 20.6. The second-order valence-electron chi connectivity index (χ2n) is 5.65. The standard InChI is InChI=1S/C20H20F3NO4/c1-26-10-11-28-18-8-7-15(20(21,22)23)13-17(18)24-19(25)9-6-14-4-3-5-16(12-14)27-2/h3-9,12-13H,10-11H2,1-2H3,(H,24,25)/b9-6+. The molecule has 5 nitrogen and oxygen atoms in total. The third-order valence-corrected chi connectivity index (χ3v) is 3.63. The zero-order valence-electron chi connectivity index (χ0n) is 15.4. The van der Waals surface area contributed by atoms with Crippen molar-refractivity contribution in [2.24, 2.45) is 0 Å². The first-order valence-corrected chi connectivity index (χ1v) is 8.29. The van der Waals surface area contributed by atoms with Gasteiger partial charge in [0.15, 0.2) is 0 Å². The fourth-order valence-electron chi connectivity index (χ4n) is 2.26. The van der Waals surface area contributed by atoms with Gasteiger partial charge >= 0.3 is 6.18 Å². The van der Waals surface area contributed by atoms with Crippen molar-refractivity contribution in [3.63, 3.8) is 0 Å². The summed E-state index contributed by atoms with van der Waals surface area (Å²) in [5.74, 6) is 0.140. The summed E-state index contributed by atoms with van der Waals surface area (Å²) in [7, 11) is 3.00. The van der Waals surface area contributed by atoms with Crippen LogP contribution in [0, 0.1) is 0 Å². The number of hydrogen-bond donors (Lipinski definition) is 1. The maximum atomic E-state index is 13.0. The molecule has 0 bridgehead atoms. The summed E-state index contributed by atoms with van der Waals surface area (Å²) in [5.41, 5.74) is -0.264. The number of rotatable bonds is 8. The molecule has 2 aromatic carbocycles. The molecule has 0 fully saturated rings. The molecule has 0 spiro atoms. The highest BCUT2D eigenvalue weighted by molar-refractivity contribution is 6.02. The molecule has 0 heterocycles. The quantitative estimate of drug-likeness (QED) is 0.532. The number of hydrogen-bond acceptors (Lipinski definition) is 4. The smallest absolute Gasteiger partial charge is 0.416 e. The Kier molecular flexibility index (Phi) is 7.45. The molecule has 150 valence electrons. The van der Waals surface area contributed by atoms with Crippen LogP contribution in [0.4, 0.5) is 18.9 Å². The van der Waals surface area contributed by atoms with Gasteiger partial charge in [0, 0.05) is 13.2 Å². The van der Waals surface area contributed by atoms with Crippen molar-refractivity contribution in [3.05, 3.63) is 59.7 Å². The van der Waals surface area contributed by atoms with E-state index in [0.717, 1.165) is 12.1 Å². The van der Waals surface area contributed by atoms with Gasteiger partial charge in [0.25, 0.3) is 0 Å². The number of benzene rings is 2. The molecular weight excluding hydrogens is 375 g/mol. The van der Waals surface area contributed by atoms with Crippen LogP contribution < -0.4 is 14.8 Å². The fourth-order valence-corrected chi connectivity index (χ4v) is 2.26. The van der Waals surface area contributed by atoms with Gasteiger partial charge in [-0.3, -0.25) is 4.79 Å². The van der Waals surface area contributed by atoms with E-state index in [1.165, 1.54) is 32.4 Å². The topological polar surface area (TPSA) is 56.8 Å². The lowest BCUT2D eigenvalue weighted by atomic mass is 10.1. The Morgan fingerprint density at radius 3 is 2.57 bits per heavy atom. The SMILES string of the molecule is COCCOc1ccc(C(F)(F)F)cc1NC(=O)/C=C/c1cccc(OC)c1. The third-order valence-electron chi connectivity index (χ3n) is 3.63. The van der Waals surface area contributed by atoms with Crippen LogP contribution in [-0.4, -0.2) is 33.3 Å². The van der Waals surface area contributed by atoms with E-state index in [0.29, 0.717) is 11.3 Å². The molecular formula is C20H20F3NO4. The lowest BCUT2D eigenvalue weighted by Gasteiger charge is -2.14. The highest BCUT2D eigenvalue weighted by Gasteiger charge is 2.31. The molecule has 0 saturated heterocycles. The maximum absolute atomic E-state index is 13.0. The number of halogens is 3. The molecule has 0 unspecified atom stereocenters. The Labute approximate surface area is 160 Å². The minimum atomic E-state index is -4.54. The summed E-state index contributed by atoms with van der Waals surface area (Å²) in [6.07, 6.45) is -1.80. The Hall–Kier alpha value is -3.00. The van der Waals surface area contributed by atoms with E-state index in [-0.39, 0.29) is 24.7 Å². The lowest BCUT2D eigenvalue weighted by molar-refractivity contribution is -0.137. The second kappa shape index (κ2) is 9.80. The first-order valence-electron chi connectivity index (χ1n) is 8.29. The monoisotopic (exact) mass is 395 g/mol. The van der Waals surface area contributed by atoms with Crippen LogP contribution in [0.1, 0.15) is 11.1 Å². The van der Waals surface area contributed by atoms with Gasteiger partial charge in [-0.25, -0.2) is 0 Å². The molecule has 0 aliphatic carbocycles. The van der Waals surface area contributed by atoms with Crippen LogP contribution in [0.15, 0.2) is 48.5 Å². The Morgan fingerprint density at radius 2 is 1.89 bits per heavy atom. The molecule has 1 amide bonds. The Morgan fingerprint density at radius 1 is 1.11 bits per heavy atom. The third kappa shape index (κ3) is 6.31. The van der Waals surface area contributed by atoms with E-state index in [2.05, 4.69) is 5.32 Å². The van der Waals surface area contributed by atoms with Gasteiger partial charge in [-0.2, -0.15) is 13.2 Å². The average Bonchev–Trinajstić information content (AvgIpc) is 2.67. The Bertz CT molecular complexity index is 834. The van der Waals surface area contributed by atoms with Crippen molar-refractivity contribution in [1.82, 2.24) is 0 Å². The largest absolute Gasteiger partial charge is 0.497 e. The number of nitrogens with one attached hydrogen (secondary N) is 1. The van der Waals surface area contributed by atoms with Crippen molar-refractivity contribution < 1.29 is 32.2 Å². The van der Waals surface area contributed by atoms with Crippen LogP contribution in [0.3, 0.4) is 0 Å². The van der Waals surface area contributed by atoms with Crippen molar-refractivity contribution in [2.75, 3.05) is 32.8 Å². The molecule has 8 heteroatoms. The zero-order valence-corrected chi connectivity index (χ0v) is 15.4. The van der Waals surface area contributed by atoms with Crippen LogP contribution in [-0.2, 0) is 15.7 Å². The number of carbonyl (C=O) groups excluding carboxylic acids is 1. The first-order chi connectivity index (χ1) is 13.3. The van der Waals surface area contributed by atoms with Gasteiger partial charge in [0.05, 0.1) is 25.0 Å². The van der Waals surface area contributed by atoms with Gasteiger partial charge in [-0.1, -0.05) is 12.1 Å². The summed E-state index contributed by atoms with van der Waals surface area (Å²) in [5, 5.41) is 2.43. The van der Waals surface area contributed by atoms with Crippen molar-refractivity contribution in [3.8, 4) is 11.5 Å². The van der Waals surface area contributed by atoms with E-state index in [9.17, 15) is 18.0 Å². The highest BCUT2D eigenvalue weighted by Crippen LogP contribution is 2.35. The van der Waals surface area contributed by atoms with Crippen molar-refractivity contribution >= 4 is 17.7 Å². The number of ether oxygens (including phenoxy) is 3. The second-order valence-corrected chi connectivity index (χ2v) is 5.65. The molecule has 2 rings (SSSR count). The Balaban J connectivity index is 2.18. The minimum Gasteiger partial charge on any atom is -0.497 e. The molecule has 1 N–H and O–H groups in total. The van der Waals surface area contributed by atoms with Crippen molar-refractivity contribution in [1.29, 1.82) is 0 Å². The lowest BCUT2D eigenvalue weighted by Crippen LogP contribution is -2.13. The predicted molar refractivity (Wildman–Crippen MR) is 99.5 cm³/mol. The van der Waals surface area contributed by atoms with Gasteiger partial charge < -0.3 is 19.5 Å². The minimum absolute atomic E-state index is 0.0776. The summed E-state index contributed by atoms with van der Waals surface area (Å²) < 4.78 is 54.3. The van der Waals surface area contributed by atoms with Crippen LogP contribution >= 0.6 is 0 Å². The number of methoxy groups -OCH3 is 2. The molecule has 0 saturated carbocycles. The van der Waals surface area contributed by atoms with E-state index in [1.54, 1.807) is 24.3 Å². The molecule has 0 aromatic heterocycles. The van der Waals surface area contributed by atoms with Gasteiger partial charge in [-0.15, -0.1) is 0 Å². The number of anilines is 1. The molecule has 0 radical (unpaired) electrons. The maximum Gasteiger partial charge on any atom is 0.416 e. The van der Waals surface area contributed by atoms with E-state index < -0.39 is 17.6 Å². The normalized spacial score (nSPS) is 11.5. The molecule has 0 aliphatic heterocycles. The fraction of sp³-hybridized carbons (Fsp3) is 0.250. The first kappa shape index (κ1) is 21.3. The molecule has 0 aliphatic rings. The van der Waals surface area contributed by atoms with Gasteiger partial charge in [0.1, 0.15) is 18.1 Å². The predicted octanol–water partition coefficient (Wildman–Crippen LogP) is 4.39. The summed E-state index contributed by atoms with van der Waals surface area (Å²) in [6, 6.07) is 9.88. The molecule has 2 aromatic rings. The number of carbonyl (C=O) groups is 1. The van der Waals surface area contributed by atoms with Crippen LogP contribution in [0.25, 0.3) is 6.08 Å². The van der Waals surface area contributed by atoms with Crippen molar-refractivity contribution in [2.45, 2.75) is 6.18 Å². The summed E-state index contributed by atoms with van der Waals surface area (Å²) in [4.78, 5) is 12.2. The van der Waals surface area contributed by atoms with Gasteiger partial charge in [-0.05, 0) is 42.0 Å². The number of amides is 1. The van der Waals surface area contributed by atoms with Gasteiger partial charge in [0.2, 0.25) is 5.91 Å². The van der Waals surface area contributed by atoms with E-state index in [1.807, 2.05) is 0 Å². The van der Waals surface area contributed by atoms with E-state index >= 15 is 0 Å². The van der Waals surface area contributed by atoms with Crippen LogP contribution in [0.5, 0.6) is 11.5 Å². The average molecular weight is 395 g/mol.